The summed E-state index contributed by atoms with van der Waals surface area (Å²) in [5.41, 5.74) is -0.160. The fraction of sp³-hybridized carbons (Fsp3) is 0.500. The molecule has 0 aliphatic carbocycles. The van der Waals surface area contributed by atoms with Crippen molar-refractivity contribution in [3.05, 3.63) is 38.9 Å². The Morgan fingerprint density at radius 3 is 2.89 bits per heavy atom. The molecule has 0 bridgehead atoms. The van der Waals surface area contributed by atoms with Gasteiger partial charge in [-0.3, -0.25) is 15.0 Å². The molecule has 1 aromatic carbocycles. The molecule has 98 valence electrons. The van der Waals surface area contributed by atoms with Crippen LogP contribution in [-0.4, -0.2) is 33.6 Å². The van der Waals surface area contributed by atoms with E-state index in [0.29, 0.717) is 30.1 Å². The molecule has 0 aromatic heterocycles. The third kappa shape index (κ3) is 2.80. The summed E-state index contributed by atoms with van der Waals surface area (Å²) in [5, 5.41) is 21.2. The predicted molar refractivity (Wildman–Crippen MR) is 68.6 cm³/mol. The summed E-state index contributed by atoms with van der Waals surface area (Å²) >= 11 is 6.03. The van der Waals surface area contributed by atoms with Crippen LogP contribution in [-0.2, 0) is 6.54 Å². The molecule has 1 aliphatic heterocycles. The standard InChI is InChI=1S/C12H15ClN2O3/c1-12(16)5-6-14(8-12)7-9-10(13)3-2-4-11(9)15(17)18/h2-4,16H,5-8H2,1H3. The van der Waals surface area contributed by atoms with E-state index in [1.54, 1.807) is 19.1 Å². The van der Waals surface area contributed by atoms with Crippen molar-refractivity contribution in [3.8, 4) is 0 Å². The maximum atomic E-state index is 11.0. The summed E-state index contributed by atoms with van der Waals surface area (Å²) < 4.78 is 0. The Morgan fingerprint density at radius 1 is 1.61 bits per heavy atom. The molecule has 6 heteroatoms. The SMILES string of the molecule is CC1(O)CCN(Cc2c(Cl)cccc2[N+](=O)[O-])C1. The number of hydrogen-bond donors (Lipinski definition) is 1. The molecule has 0 radical (unpaired) electrons. The van der Waals surface area contributed by atoms with Crippen LogP contribution in [0.2, 0.25) is 5.02 Å². The highest BCUT2D eigenvalue weighted by atomic mass is 35.5. The summed E-state index contributed by atoms with van der Waals surface area (Å²) in [4.78, 5) is 12.5. The van der Waals surface area contributed by atoms with E-state index in [-0.39, 0.29) is 5.69 Å². The van der Waals surface area contributed by atoms with Crippen molar-refractivity contribution in [2.45, 2.75) is 25.5 Å². The number of benzene rings is 1. The zero-order chi connectivity index (χ0) is 13.3. The molecule has 0 spiro atoms. The molecule has 0 amide bonds. The van der Waals surface area contributed by atoms with Crippen LogP contribution in [0.3, 0.4) is 0 Å². The quantitative estimate of drug-likeness (QED) is 0.675. The highest BCUT2D eigenvalue weighted by molar-refractivity contribution is 6.31. The van der Waals surface area contributed by atoms with Crippen molar-refractivity contribution < 1.29 is 10.0 Å². The minimum absolute atomic E-state index is 0.0362. The van der Waals surface area contributed by atoms with Gasteiger partial charge in [0.15, 0.2) is 0 Å². The lowest BCUT2D eigenvalue weighted by Crippen LogP contribution is -2.29. The number of halogens is 1. The monoisotopic (exact) mass is 270 g/mol. The zero-order valence-electron chi connectivity index (χ0n) is 10.1. The van der Waals surface area contributed by atoms with Gasteiger partial charge in [0.05, 0.1) is 21.1 Å². The molecule has 1 aromatic rings. The average Bonchev–Trinajstić information content (AvgIpc) is 2.61. The Bertz CT molecular complexity index is 476. The number of aliphatic hydroxyl groups is 1. The van der Waals surface area contributed by atoms with E-state index >= 15 is 0 Å². The second-order valence-corrected chi connectivity index (χ2v) is 5.36. The fourth-order valence-corrected chi connectivity index (χ4v) is 2.50. The number of nitro groups is 1. The predicted octanol–water partition coefficient (Wildman–Crippen LogP) is 2.20. The van der Waals surface area contributed by atoms with E-state index in [9.17, 15) is 15.2 Å². The van der Waals surface area contributed by atoms with E-state index < -0.39 is 10.5 Å². The van der Waals surface area contributed by atoms with Crippen LogP contribution in [0.1, 0.15) is 18.9 Å². The highest BCUT2D eigenvalue weighted by Gasteiger charge is 2.32. The van der Waals surface area contributed by atoms with Gasteiger partial charge in [0.25, 0.3) is 5.69 Å². The third-order valence-electron chi connectivity index (χ3n) is 3.20. The van der Waals surface area contributed by atoms with Gasteiger partial charge in [-0.1, -0.05) is 17.7 Å². The number of nitrogens with zero attached hydrogens (tertiary/aromatic N) is 2. The van der Waals surface area contributed by atoms with Crippen LogP contribution in [0.15, 0.2) is 18.2 Å². The number of hydrogen-bond acceptors (Lipinski definition) is 4. The van der Waals surface area contributed by atoms with Crippen LogP contribution >= 0.6 is 11.6 Å². The molecule has 1 N–H and O–H groups in total. The molecule has 0 saturated carbocycles. The molecular formula is C12H15ClN2O3. The van der Waals surface area contributed by atoms with Gasteiger partial charge in [0, 0.05) is 25.7 Å². The van der Waals surface area contributed by atoms with E-state index in [1.807, 2.05) is 4.90 Å². The van der Waals surface area contributed by atoms with Gasteiger partial charge in [-0.25, -0.2) is 0 Å². The molecule has 1 unspecified atom stereocenters. The maximum absolute atomic E-state index is 11.0. The summed E-state index contributed by atoms with van der Waals surface area (Å²) in [7, 11) is 0. The molecule has 1 aliphatic rings. The number of nitro benzene ring substituents is 1. The largest absolute Gasteiger partial charge is 0.389 e. The smallest absolute Gasteiger partial charge is 0.275 e. The molecule has 18 heavy (non-hydrogen) atoms. The summed E-state index contributed by atoms with van der Waals surface area (Å²) in [6.45, 7) is 3.39. The molecule has 1 saturated heterocycles. The van der Waals surface area contributed by atoms with Crippen LogP contribution in [0.4, 0.5) is 5.69 Å². The Balaban J connectivity index is 2.21. The van der Waals surface area contributed by atoms with Crippen LogP contribution in [0.25, 0.3) is 0 Å². The normalized spacial score (nSPS) is 24.4. The first-order chi connectivity index (χ1) is 8.39. The Kier molecular flexibility index (Phi) is 3.56. The van der Waals surface area contributed by atoms with Gasteiger partial charge in [0.2, 0.25) is 0 Å². The summed E-state index contributed by atoms with van der Waals surface area (Å²) in [6, 6.07) is 4.68. The van der Waals surface area contributed by atoms with E-state index in [0.717, 1.165) is 6.54 Å². The molecule has 1 heterocycles. The Labute approximate surface area is 110 Å². The second kappa shape index (κ2) is 4.84. The maximum Gasteiger partial charge on any atom is 0.275 e. The van der Waals surface area contributed by atoms with Gasteiger partial charge in [0.1, 0.15) is 0 Å². The van der Waals surface area contributed by atoms with Crippen molar-refractivity contribution in [1.82, 2.24) is 4.90 Å². The highest BCUT2D eigenvalue weighted by Crippen LogP contribution is 2.30. The van der Waals surface area contributed by atoms with Gasteiger partial charge in [-0.2, -0.15) is 0 Å². The average molecular weight is 271 g/mol. The first-order valence-corrected chi connectivity index (χ1v) is 6.13. The van der Waals surface area contributed by atoms with Crippen molar-refractivity contribution in [1.29, 1.82) is 0 Å². The summed E-state index contributed by atoms with van der Waals surface area (Å²) in [5.74, 6) is 0. The number of rotatable bonds is 3. The fourth-order valence-electron chi connectivity index (χ4n) is 2.27. The van der Waals surface area contributed by atoms with Crippen molar-refractivity contribution in [2.75, 3.05) is 13.1 Å². The minimum Gasteiger partial charge on any atom is -0.389 e. The van der Waals surface area contributed by atoms with Crippen molar-refractivity contribution >= 4 is 17.3 Å². The molecule has 1 fully saturated rings. The van der Waals surface area contributed by atoms with Crippen LogP contribution < -0.4 is 0 Å². The van der Waals surface area contributed by atoms with Crippen LogP contribution in [0, 0.1) is 10.1 Å². The van der Waals surface area contributed by atoms with Crippen molar-refractivity contribution in [3.63, 3.8) is 0 Å². The second-order valence-electron chi connectivity index (χ2n) is 4.95. The topological polar surface area (TPSA) is 66.6 Å². The lowest BCUT2D eigenvalue weighted by Gasteiger charge is -2.19. The summed E-state index contributed by atoms with van der Waals surface area (Å²) in [6.07, 6.45) is 0.672. The van der Waals surface area contributed by atoms with E-state index in [4.69, 9.17) is 11.6 Å². The first-order valence-electron chi connectivity index (χ1n) is 5.75. The molecule has 2 rings (SSSR count). The lowest BCUT2D eigenvalue weighted by molar-refractivity contribution is -0.385. The van der Waals surface area contributed by atoms with Gasteiger partial charge >= 0.3 is 0 Å². The number of likely N-dealkylation sites (tertiary alicyclic amines) is 1. The third-order valence-corrected chi connectivity index (χ3v) is 3.56. The lowest BCUT2D eigenvalue weighted by atomic mass is 10.1. The van der Waals surface area contributed by atoms with Gasteiger partial charge in [-0.15, -0.1) is 0 Å². The Hall–Kier alpha value is -1.17. The Morgan fingerprint density at radius 2 is 2.33 bits per heavy atom. The van der Waals surface area contributed by atoms with Crippen LogP contribution in [0.5, 0.6) is 0 Å². The minimum atomic E-state index is -0.712. The molecular weight excluding hydrogens is 256 g/mol. The van der Waals surface area contributed by atoms with E-state index in [1.165, 1.54) is 6.07 Å². The van der Waals surface area contributed by atoms with Crippen molar-refractivity contribution in [2.24, 2.45) is 0 Å². The molecule has 5 nitrogen and oxygen atoms in total. The number of β-amino-alcohol motifs (C(OH)–C–C–N with tert-alkyl or cyclic N) is 1. The van der Waals surface area contributed by atoms with E-state index in [2.05, 4.69) is 0 Å². The van der Waals surface area contributed by atoms with Gasteiger partial charge in [-0.05, 0) is 19.4 Å². The van der Waals surface area contributed by atoms with Gasteiger partial charge < -0.3 is 5.11 Å². The first kappa shape index (κ1) is 13.3. The molecule has 1 atom stereocenters. The zero-order valence-corrected chi connectivity index (χ0v) is 10.9.